The molecule has 0 radical (unpaired) electrons. The fourth-order valence-corrected chi connectivity index (χ4v) is 4.02. The van der Waals surface area contributed by atoms with Crippen LogP contribution in [-0.2, 0) is 0 Å². The largest absolute Gasteiger partial charge is 0.348 e. The third-order valence-electron chi connectivity index (χ3n) is 5.55. The first-order chi connectivity index (χ1) is 13.9. The van der Waals surface area contributed by atoms with Crippen molar-refractivity contribution in [2.24, 2.45) is 0 Å². The Morgan fingerprint density at radius 2 is 1.54 bits per heavy atom. The van der Waals surface area contributed by atoms with Crippen LogP contribution in [-0.4, -0.2) is 33.0 Å². The van der Waals surface area contributed by atoms with E-state index in [9.17, 15) is 0 Å². The summed E-state index contributed by atoms with van der Waals surface area (Å²) in [6.07, 6.45) is 5.93. The SMILES string of the molecule is c1ccc(-c2nc(N3CCC(c4cnc[nH]4)CC3)[nH]c2-c2ccccc2)cc1. The summed E-state index contributed by atoms with van der Waals surface area (Å²) in [6, 6.07) is 20.9. The second-order valence-electron chi connectivity index (χ2n) is 7.28. The van der Waals surface area contributed by atoms with E-state index < -0.39 is 0 Å². The van der Waals surface area contributed by atoms with Crippen LogP contribution in [0.3, 0.4) is 0 Å². The van der Waals surface area contributed by atoms with E-state index in [1.165, 1.54) is 5.69 Å². The third-order valence-corrected chi connectivity index (χ3v) is 5.55. The molecule has 5 heteroatoms. The standard InChI is InChI=1S/C23H23N5/c1-3-7-18(8-4-1)21-22(19-9-5-2-6-10-19)27-23(26-21)28-13-11-17(12-14-28)20-15-24-16-25-20/h1-10,15-17H,11-14H2,(H,24,25)(H,26,27). The number of benzene rings is 2. The molecule has 3 heterocycles. The summed E-state index contributed by atoms with van der Waals surface area (Å²) in [7, 11) is 0. The van der Waals surface area contributed by atoms with Gasteiger partial charge in [0, 0.05) is 42.0 Å². The Balaban J connectivity index is 1.45. The van der Waals surface area contributed by atoms with Crippen LogP contribution in [0, 0.1) is 0 Å². The molecule has 1 aliphatic rings. The highest BCUT2D eigenvalue weighted by Crippen LogP contribution is 2.34. The maximum Gasteiger partial charge on any atom is 0.203 e. The van der Waals surface area contributed by atoms with Crippen molar-refractivity contribution in [1.82, 2.24) is 19.9 Å². The minimum absolute atomic E-state index is 0.552. The summed E-state index contributed by atoms with van der Waals surface area (Å²) < 4.78 is 0. The van der Waals surface area contributed by atoms with E-state index in [0.717, 1.165) is 54.4 Å². The van der Waals surface area contributed by atoms with Crippen molar-refractivity contribution >= 4 is 5.95 Å². The van der Waals surface area contributed by atoms with Crippen LogP contribution in [0.25, 0.3) is 22.5 Å². The first-order valence-electron chi connectivity index (χ1n) is 9.82. The van der Waals surface area contributed by atoms with E-state index in [1.807, 2.05) is 18.3 Å². The molecule has 2 N–H and O–H groups in total. The number of aromatic amines is 2. The van der Waals surface area contributed by atoms with Crippen LogP contribution in [0.1, 0.15) is 24.5 Å². The van der Waals surface area contributed by atoms with Crippen LogP contribution < -0.4 is 4.90 Å². The molecule has 0 aliphatic carbocycles. The minimum atomic E-state index is 0.552. The van der Waals surface area contributed by atoms with Crippen LogP contribution in [0.5, 0.6) is 0 Å². The quantitative estimate of drug-likeness (QED) is 0.540. The zero-order valence-electron chi connectivity index (χ0n) is 15.7. The molecule has 0 bridgehead atoms. The fourth-order valence-electron chi connectivity index (χ4n) is 4.02. The van der Waals surface area contributed by atoms with Gasteiger partial charge in [0.2, 0.25) is 5.95 Å². The zero-order valence-corrected chi connectivity index (χ0v) is 15.7. The van der Waals surface area contributed by atoms with Gasteiger partial charge in [-0.05, 0) is 12.8 Å². The van der Waals surface area contributed by atoms with Gasteiger partial charge in [0.25, 0.3) is 0 Å². The molecule has 0 saturated carbocycles. The number of piperidine rings is 1. The number of nitrogens with zero attached hydrogens (tertiary/aromatic N) is 3. The molecule has 2 aromatic heterocycles. The van der Waals surface area contributed by atoms with Gasteiger partial charge >= 0.3 is 0 Å². The molecule has 0 atom stereocenters. The number of hydrogen-bond donors (Lipinski definition) is 2. The molecule has 0 unspecified atom stereocenters. The first kappa shape index (κ1) is 16.8. The van der Waals surface area contributed by atoms with Gasteiger partial charge in [-0.3, -0.25) is 0 Å². The number of hydrogen-bond acceptors (Lipinski definition) is 3. The molecule has 0 spiro atoms. The summed E-state index contributed by atoms with van der Waals surface area (Å²) in [4.78, 5) is 18.4. The molecule has 4 aromatic rings. The summed E-state index contributed by atoms with van der Waals surface area (Å²) in [5, 5.41) is 0. The Bertz CT molecular complexity index is 957. The highest BCUT2D eigenvalue weighted by molar-refractivity contribution is 5.80. The highest BCUT2D eigenvalue weighted by Gasteiger charge is 2.24. The van der Waals surface area contributed by atoms with Crippen molar-refractivity contribution in [3.63, 3.8) is 0 Å². The summed E-state index contributed by atoms with van der Waals surface area (Å²) in [6.45, 7) is 1.97. The van der Waals surface area contributed by atoms with Crippen LogP contribution in [0.2, 0.25) is 0 Å². The van der Waals surface area contributed by atoms with Crippen molar-refractivity contribution in [2.75, 3.05) is 18.0 Å². The lowest BCUT2D eigenvalue weighted by Gasteiger charge is -2.31. The van der Waals surface area contributed by atoms with E-state index in [-0.39, 0.29) is 0 Å². The smallest absolute Gasteiger partial charge is 0.203 e. The van der Waals surface area contributed by atoms with E-state index in [0.29, 0.717) is 5.92 Å². The third kappa shape index (κ3) is 3.20. The Morgan fingerprint density at radius 3 is 2.18 bits per heavy atom. The molecular formula is C23H23N5. The van der Waals surface area contributed by atoms with Gasteiger partial charge in [0.1, 0.15) is 0 Å². The summed E-state index contributed by atoms with van der Waals surface area (Å²) in [5.74, 6) is 1.51. The van der Waals surface area contributed by atoms with Gasteiger partial charge in [-0.15, -0.1) is 0 Å². The van der Waals surface area contributed by atoms with Gasteiger partial charge < -0.3 is 14.9 Å². The average molecular weight is 369 g/mol. The van der Waals surface area contributed by atoms with Crippen molar-refractivity contribution in [3.8, 4) is 22.5 Å². The lowest BCUT2D eigenvalue weighted by atomic mass is 9.94. The number of H-pyrrole nitrogens is 2. The van der Waals surface area contributed by atoms with Gasteiger partial charge in [-0.25, -0.2) is 9.97 Å². The predicted molar refractivity (Wildman–Crippen MR) is 112 cm³/mol. The van der Waals surface area contributed by atoms with E-state index in [1.54, 1.807) is 6.33 Å². The molecule has 1 saturated heterocycles. The molecule has 5 nitrogen and oxygen atoms in total. The maximum atomic E-state index is 5.02. The molecule has 28 heavy (non-hydrogen) atoms. The van der Waals surface area contributed by atoms with Crippen molar-refractivity contribution < 1.29 is 0 Å². The molecule has 140 valence electrons. The second-order valence-corrected chi connectivity index (χ2v) is 7.28. The first-order valence-corrected chi connectivity index (χ1v) is 9.82. The van der Waals surface area contributed by atoms with Crippen molar-refractivity contribution in [1.29, 1.82) is 0 Å². The number of anilines is 1. The van der Waals surface area contributed by atoms with Gasteiger partial charge in [-0.1, -0.05) is 60.7 Å². The monoisotopic (exact) mass is 369 g/mol. The second kappa shape index (κ2) is 7.35. The summed E-state index contributed by atoms with van der Waals surface area (Å²) in [5.41, 5.74) is 5.63. The van der Waals surface area contributed by atoms with Gasteiger partial charge in [-0.2, -0.15) is 0 Å². The highest BCUT2D eigenvalue weighted by atomic mass is 15.3. The number of imidazole rings is 2. The molecular weight excluding hydrogens is 346 g/mol. The van der Waals surface area contributed by atoms with Crippen molar-refractivity contribution in [2.45, 2.75) is 18.8 Å². The molecule has 2 aromatic carbocycles. The number of nitrogens with one attached hydrogen (secondary N) is 2. The van der Waals surface area contributed by atoms with Gasteiger partial charge in [0.05, 0.1) is 17.7 Å². The Hall–Kier alpha value is -3.34. The molecule has 1 fully saturated rings. The molecule has 0 amide bonds. The molecule has 5 rings (SSSR count). The Labute approximate surface area is 164 Å². The van der Waals surface area contributed by atoms with Gasteiger partial charge in [0.15, 0.2) is 0 Å². The van der Waals surface area contributed by atoms with E-state index in [4.69, 9.17) is 4.98 Å². The van der Waals surface area contributed by atoms with E-state index in [2.05, 4.69) is 68.4 Å². The predicted octanol–water partition coefficient (Wildman–Crippen LogP) is 4.85. The van der Waals surface area contributed by atoms with E-state index >= 15 is 0 Å². The average Bonchev–Trinajstić information content (AvgIpc) is 3.46. The van der Waals surface area contributed by atoms with Crippen LogP contribution >= 0.6 is 0 Å². The topological polar surface area (TPSA) is 60.6 Å². The van der Waals surface area contributed by atoms with Crippen LogP contribution in [0.15, 0.2) is 73.2 Å². The van der Waals surface area contributed by atoms with Crippen molar-refractivity contribution in [3.05, 3.63) is 78.9 Å². The zero-order chi connectivity index (χ0) is 18.8. The fraction of sp³-hybridized carbons (Fsp3) is 0.217. The normalized spacial score (nSPS) is 15.1. The summed E-state index contributed by atoms with van der Waals surface area (Å²) >= 11 is 0. The Morgan fingerprint density at radius 1 is 0.857 bits per heavy atom. The lowest BCUT2D eigenvalue weighted by molar-refractivity contribution is 0.493. The maximum absolute atomic E-state index is 5.02. The molecule has 1 aliphatic heterocycles. The number of rotatable bonds is 4. The Kier molecular flexibility index (Phi) is 4.41. The lowest BCUT2D eigenvalue weighted by Crippen LogP contribution is -2.33. The van der Waals surface area contributed by atoms with Crippen LogP contribution in [0.4, 0.5) is 5.95 Å². The number of aromatic nitrogens is 4. The minimum Gasteiger partial charge on any atom is -0.348 e.